The Bertz CT molecular complexity index is 348. The van der Waals surface area contributed by atoms with Crippen molar-refractivity contribution < 1.29 is 9.90 Å². The SMILES string of the molecule is C[C@@H](CO)NC(=O)c1cc(N)cc(Cl)c1. The standard InChI is InChI=1S/C10H13ClN2O2/c1-6(5-14)13-10(15)7-2-8(11)4-9(12)3-7/h2-4,6,14H,5,12H2,1H3,(H,13,15)/t6-/m0/s1. The number of carbonyl (C=O) groups excluding carboxylic acids is 1. The molecule has 1 aromatic carbocycles. The van der Waals surface area contributed by atoms with Crippen molar-refractivity contribution in [2.75, 3.05) is 12.3 Å². The summed E-state index contributed by atoms with van der Waals surface area (Å²) in [6.07, 6.45) is 0. The molecule has 0 bridgehead atoms. The van der Waals surface area contributed by atoms with Gasteiger partial charge in [0.05, 0.1) is 6.61 Å². The second-order valence-corrected chi connectivity index (χ2v) is 3.77. The van der Waals surface area contributed by atoms with Crippen molar-refractivity contribution in [1.82, 2.24) is 5.32 Å². The number of halogens is 1. The van der Waals surface area contributed by atoms with Crippen molar-refractivity contribution >= 4 is 23.2 Å². The van der Waals surface area contributed by atoms with Crippen molar-refractivity contribution in [3.05, 3.63) is 28.8 Å². The van der Waals surface area contributed by atoms with E-state index in [-0.39, 0.29) is 18.6 Å². The molecule has 1 rings (SSSR count). The van der Waals surface area contributed by atoms with Crippen molar-refractivity contribution in [2.45, 2.75) is 13.0 Å². The number of rotatable bonds is 3. The molecule has 0 aliphatic heterocycles. The predicted octanol–water partition coefficient (Wildman–Crippen LogP) is 1.03. The number of benzene rings is 1. The third-order valence-corrected chi connectivity index (χ3v) is 2.05. The van der Waals surface area contributed by atoms with Crippen LogP contribution in [-0.4, -0.2) is 23.7 Å². The van der Waals surface area contributed by atoms with Crippen LogP contribution < -0.4 is 11.1 Å². The molecular formula is C10H13ClN2O2. The Labute approximate surface area is 93.0 Å². The summed E-state index contributed by atoms with van der Waals surface area (Å²) in [4.78, 5) is 11.6. The van der Waals surface area contributed by atoms with Gasteiger partial charge < -0.3 is 16.2 Å². The largest absolute Gasteiger partial charge is 0.399 e. The van der Waals surface area contributed by atoms with E-state index in [1.807, 2.05) is 0 Å². The number of aliphatic hydroxyl groups excluding tert-OH is 1. The monoisotopic (exact) mass is 228 g/mol. The smallest absolute Gasteiger partial charge is 0.251 e. The topological polar surface area (TPSA) is 75.3 Å². The zero-order valence-corrected chi connectivity index (χ0v) is 9.08. The molecule has 5 heteroatoms. The van der Waals surface area contributed by atoms with E-state index in [1.54, 1.807) is 13.0 Å². The molecule has 0 aromatic heterocycles. The lowest BCUT2D eigenvalue weighted by atomic mass is 10.2. The molecule has 0 saturated carbocycles. The van der Waals surface area contributed by atoms with Crippen LogP contribution in [0.15, 0.2) is 18.2 Å². The second kappa shape index (κ2) is 5.00. The lowest BCUT2D eigenvalue weighted by Crippen LogP contribution is -2.35. The second-order valence-electron chi connectivity index (χ2n) is 3.33. The highest BCUT2D eigenvalue weighted by atomic mass is 35.5. The molecule has 82 valence electrons. The van der Waals surface area contributed by atoms with E-state index >= 15 is 0 Å². The number of hydrogen-bond acceptors (Lipinski definition) is 3. The van der Waals surface area contributed by atoms with Gasteiger partial charge in [-0.15, -0.1) is 0 Å². The van der Waals surface area contributed by atoms with E-state index in [0.29, 0.717) is 16.3 Å². The van der Waals surface area contributed by atoms with E-state index < -0.39 is 0 Å². The maximum Gasteiger partial charge on any atom is 0.251 e. The zero-order valence-electron chi connectivity index (χ0n) is 8.33. The number of hydrogen-bond donors (Lipinski definition) is 3. The fourth-order valence-electron chi connectivity index (χ4n) is 1.10. The Hall–Kier alpha value is -1.26. The molecular weight excluding hydrogens is 216 g/mol. The molecule has 4 N–H and O–H groups in total. The Morgan fingerprint density at radius 3 is 2.80 bits per heavy atom. The van der Waals surface area contributed by atoms with Crippen molar-refractivity contribution in [3.63, 3.8) is 0 Å². The molecule has 0 fully saturated rings. The fraction of sp³-hybridized carbons (Fsp3) is 0.300. The highest BCUT2D eigenvalue weighted by Gasteiger charge is 2.09. The lowest BCUT2D eigenvalue weighted by molar-refractivity contribution is 0.0922. The van der Waals surface area contributed by atoms with Crippen LogP contribution in [0.4, 0.5) is 5.69 Å². The van der Waals surface area contributed by atoms with Gasteiger partial charge in [-0.05, 0) is 25.1 Å². The third kappa shape index (κ3) is 3.42. The first-order valence-electron chi connectivity index (χ1n) is 4.50. The normalized spacial score (nSPS) is 12.2. The van der Waals surface area contributed by atoms with Crippen LogP contribution in [0.1, 0.15) is 17.3 Å². The number of nitrogen functional groups attached to an aromatic ring is 1. The van der Waals surface area contributed by atoms with Crippen LogP contribution in [0.25, 0.3) is 0 Å². The van der Waals surface area contributed by atoms with E-state index in [2.05, 4.69) is 5.32 Å². The Kier molecular flexibility index (Phi) is 3.94. The summed E-state index contributed by atoms with van der Waals surface area (Å²) in [5, 5.41) is 11.8. The number of anilines is 1. The summed E-state index contributed by atoms with van der Waals surface area (Å²) in [5.74, 6) is -0.300. The first kappa shape index (κ1) is 11.8. The molecule has 0 spiro atoms. The number of nitrogens with one attached hydrogen (secondary N) is 1. The Morgan fingerprint density at radius 2 is 2.27 bits per heavy atom. The molecule has 0 saturated heterocycles. The number of carbonyl (C=O) groups is 1. The van der Waals surface area contributed by atoms with Gasteiger partial charge in [-0.3, -0.25) is 4.79 Å². The summed E-state index contributed by atoms with van der Waals surface area (Å²) in [7, 11) is 0. The van der Waals surface area contributed by atoms with Crippen LogP contribution in [0, 0.1) is 0 Å². The van der Waals surface area contributed by atoms with E-state index in [4.69, 9.17) is 22.4 Å². The molecule has 0 aliphatic carbocycles. The molecule has 0 unspecified atom stereocenters. The summed E-state index contributed by atoms with van der Waals surface area (Å²) in [5.41, 5.74) is 6.37. The maximum absolute atomic E-state index is 11.6. The molecule has 0 aliphatic rings. The van der Waals surface area contributed by atoms with Crippen molar-refractivity contribution in [2.24, 2.45) is 0 Å². The minimum absolute atomic E-state index is 0.109. The predicted molar refractivity (Wildman–Crippen MR) is 59.9 cm³/mol. The van der Waals surface area contributed by atoms with E-state index in [1.165, 1.54) is 12.1 Å². The lowest BCUT2D eigenvalue weighted by Gasteiger charge is -2.11. The van der Waals surface area contributed by atoms with Gasteiger partial charge in [-0.25, -0.2) is 0 Å². The zero-order chi connectivity index (χ0) is 11.4. The first-order chi connectivity index (χ1) is 7.02. The van der Waals surface area contributed by atoms with Crippen molar-refractivity contribution in [3.8, 4) is 0 Å². The number of nitrogens with two attached hydrogens (primary N) is 1. The number of amides is 1. The average Bonchev–Trinajstić information content (AvgIpc) is 2.16. The Morgan fingerprint density at radius 1 is 1.60 bits per heavy atom. The summed E-state index contributed by atoms with van der Waals surface area (Å²) >= 11 is 5.76. The first-order valence-corrected chi connectivity index (χ1v) is 4.88. The quantitative estimate of drug-likeness (QED) is 0.677. The minimum atomic E-state index is -0.300. The van der Waals surface area contributed by atoms with Gasteiger partial charge in [0.25, 0.3) is 5.91 Å². The maximum atomic E-state index is 11.6. The summed E-state index contributed by atoms with van der Waals surface area (Å²) < 4.78 is 0. The summed E-state index contributed by atoms with van der Waals surface area (Å²) in [6.45, 7) is 1.59. The van der Waals surface area contributed by atoms with E-state index in [9.17, 15) is 4.79 Å². The molecule has 1 atom stereocenters. The molecule has 1 amide bonds. The molecule has 4 nitrogen and oxygen atoms in total. The van der Waals surface area contributed by atoms with Gasteiger partial charge in [0.1, 0.15) is 0 Å². The molecule has 1 aromatic rings. The van der Waals surface area contributed by atoms with Gasteiger partial charge >= 0.3 is 0 Å². The fourth-order valence-corrected chi connectivity index (χ4v) is 1.34. The Balaban J connectivity index is 2.82. The minimum Gasteiger partial charge on any atom is -0.399 e. The highest BCUT2D eigenvalue weighted by molar-refractivity contribution is 6.31. The van der Waals surface area contributed by atoms with Crippen molar-refractivity contribution in [1.29, 1.82) is 0 Å². The average molecular weight is 229 g/mol. The van der Waals surface area contributed by atoms with Gasteiger partial charge in [-0.2, -0.15) is 0 Å². The van der Waals surface area contributed by atoms with Crippen LogP contribution in [-0.2, 0) is 0 Å². The van der Waals surface area contributed by atoms with Gasteiger partial charge in [0.2, 0.25) is 0 Å². The van der Waals surface area contributed by atoms with Crippen LogP contribution in [0.5, 0.6) is 0 Å². The molecule has 15 heavy (non-hydrogen) atoms. The van der Waals surface area contributed by atoms with Gasteiger partial charge in [0, 0.05) is 22.3 Å². The van der Waals surface area contributed by atoms with Crippen LogP contribution in [0.3, 0.4) is 0 Å². The van der Waals surface area contributed by atoms with Gasteiger partial charge in [0.15, 0.2) is 0 Å². The summed E-state index contributed by atoms with van der Waals surface area (Å²) in [6, 6.07) is 4.33. The molecule has 0 radical (unpaired) electrons. The molecule has 0 heterocycles. The van der Waals surface area contributed by atoms with Crippen LogP contribution >= 0.6 is 11.6 Å². The van der Waals surface area contributed by atoms with Gasteiger partial charge in [-0.1, -0.05) is 11.6 Å². The highest BCUT2D eigenvalue weighted by Crippen LogP contribution is 2.16. The third-order valence-electron chi connectivity index (χ3n) is 1.83. The van der Waals surface area contributed by atoms with Crippen LogP contribution in [0.2, 0.25) is 5.02 Å². The number of aliphatic hydroxyl groups is 1. The van der Waals surface area contributed by atoms with E-state index in [0.717, 1.165) is 0 Å².